The molecule has 1 heterocycles. The Kier molecular flexibility index (Phi) is 4.62. The van der Waals surface area contributed by atoms with Crippen LogP contribution in [0.3, 0.4) is 0 Å². The molecule has 0 bridgehead atoms. The van der Waals surface area contributed by atoms with Gasteiger partial charge in [-0.2, -0.15) is 0 Å². The highest BCUT2D eigenvalue weighted by atomic mass is 79.9. The van der Waals surface area contributed by atoms with Crippen molar-refractivity contribution in [1.82, 2.24) is 4.98 Å². The number of nitrogens with one attached hydrogen (secondary N) is 1. The summed E-state index contributed by atoms with van der Waals surface area (Å²) in [7, 11) is 1.55. The fourth-order valence-corrected chi connectivity index (χ4v) is 2.16. The number of aromatic nitrogens is 1. The molecule has 0 unspecified atom stereocenters. The van der Waals surface area contributed by atoms with E-state index in [2.05, 4.69) is 26.2 Å². The zero-order valence-electron chi connectivity index (χ0n) is 10.9. The molecule has 0 saturated carbocycles. The predicted octanol–water partition coefficient (Wildman–Crippen LogP) is 4.07. The van der Waals surface area contributed by atoms with Crippen molar-refractivity contribution in [3.05, 3.63) is 51.2 Å². The maximum absolute atomic E-state index is 12.2. The molecular weight excluding hydrogens is 344 g/mol. The number of nitrogens with zero attached hydrogens (tertiary/aromatic N) is 1. The van der Waals surface area contributed by atoms with Gasteiger partial charge >= 0.3 is 0 Å². The highest BCUT2D eigenvalue weighted by molar-refractivity contribution is 9.10. The number of benzene rings is 1. The van der Waals surface area contributed by atoms with Crippen molar-refractivity contribution in [3.8, 4) is 5.75 Å². The maximum Gasteiger partial charge on any atom is 0.256 e. The zero-order valence-corrected chi connectivity index (χ0v) is 13.2. The molecule has 0 aliphatic rings. The van der Waals surface area contributed by atoms with Gasteiger partial charge in [-0.3, -0.25) is 4.79 Å². The van der Waals surface area contributed by atoms with Crippen molar-refractivity contribution in [1.29, 1.82) is 0 Å². The lowest BCUT2D eigenvalue weighted by Crippen LogP contribution is -2.13. The number of ether oxygens (including phenoxy) is 1. The fraction of sp³-hybridized carbons (Fsp3) is 0.143. The minimum Gasteiger partial charge on any atom is -0.497 e. The minimum absolute atomic E-state index is 0.251. The van der Waals surface area contributed by atoms with Gasteiger partial charge in [0, 0.05) is 4.47 Å². The number of carbonyl (C=O) groups is 1. The highest BCUT2D eigenvalue weighted by Gasteiger charge is 2.12. The molecule has 1 aromatic heterocycles. The molecule has 0 saturated heterocycles. The summed E-state index contributed by atoms with van der Waals surface area (Å²) in [5, 5.41) is 3.19. The molecule has 0 aliphatic carbocycles. The van der Waals surface area contributed by atoms with Crippen LogP contribution in [0, 0.1) is 6.92 Å². The first kappa shape index (κ1) is 14.8. The number of methoxy groups -OCH3 is 1. The Labute approximate surface area is 130 Å². The van der Waals surface area contributed by atoms with E-state index in [-0.39, 0.29) is 5.91 Å². The third-order valence-corrected chi connectivity index (χ3v) is 3.78. The van der Waals surface area contributed by atoms with E-state index in [1.54, 1.807) is 31.4 Å². The molecule has 1 amide bonds. The van der Waals surface area contributed by atoms with Crippen molar-refractivity contribution >= 4 is 39.1 Å². The van der Waals surface area contributed by atoms with Gasteiger partial charge in [-0.1, -0.05) is 11.6 Å². The van der Waals surface area contributed by atoms with Gasteiger partial charge in [-0.05, 0) is 52.7 Å². The summed E-state index contributed by atoms with van der Waals surface area (Å²) < 4.78 is 5.80. The summed E-state index contributed by atoms with van der Waals surface area (Å²) in [4.78, 5) is 16.2. The Morgan fingerprint density at radius 2 is 2.15 bits per heavy atom. The van der Waals surface area contributed by atoms with Crippen LogP contribution in [-0.2, 0) is 0 Å². The smallest absolute Gasteiger partial charge is 0.256 e. The van der Waals surface area contributed by atoms with Crippen LogP contribution in [0.5, 0.6) is 5.75 Å². The average Bonchev–Trinajstić information content (AvgIpc) is 2.43. The van der Waals surface area contributed by atoms with Gasteiger partial charge in [0.05, 0.1) is 24.6 Å². The quantitative estimate of drug-likeness (QED) is 0.845. The number of amides is 1. The van der Waals surface area contributed by atoms with Gasteiger partial charge < -0.3 is 10.1 Å². The molecule has 104 valence electrons. The Hall–Kier alpha value is -1.59. The van der Waals surface area contributed by atoms with Crippen molar-refractivity contribution in [2.24, 2.45) is 0 Å². The lowest BCUT2D eigenvalue weighted by atomic mass is 10.2. The topological polar surface area (TPSA) is 51.2 Å². The summed E-state index contributed by atoms with van der Waals surface area (Å²) >= 11 is 9.20. The lowest BCUT2D eigenvalue weighted by molar-refractivity contribution is 0.102. The van der Waals surface area contributed by atoms with Gasteiger partial charge in [0.15, 0.2) is 0 Å². The van der Waals surface area contributed by atoms with E-state index in [1.807, 2.05) is 6.92 Å². The number of halogens is 2. The van der Waals surface area contributed by atoms with Crippen LogP contribution in [-0.4, -0.2) is 18.0 Å². The second-order valence-corrected chi connectivity index (χ2v) is 5.34. The third kappa shape index (κ3) is 3.29. The Morgan fingerprint density at radius 1 is 1.40 bits per heavy atom. The van der Waals surface area contributed by atoms with E-state index in [0.717, 1.165) is 5.56 Å². The first-order valence-electron chi connectivity index (χ1n) is 5.78. The fourth-order valence-electron chi connectivity index (χ4n) is 1.63. The van der Waals surface area contributed by atoms with Crippen LogP contribution >= 0.6 is 27.5 Å². The molecule has 0 fully saturated rings. The summed E-state index contributed by atoms with van der Waals surface area (Å²) in [6, 6.07) is 6.96. The number of hydrogen-bond donors (Lipinski definition) is 1. The second-order valence-electron chi connectivity index (χ2n) is 4.13. The van der Waals surface area contributed by atoms with Crippen molar-refractivity contribution in [2.45, 2.75) is 6.92 Å². The molecule has 6 heteroatoms. The number of carbonyl (C=O) groups excluding carboxylic acids is 1. The number of hydrogen-bond acceptors (Lipinski definition) is 3. The van der Waals surface area contributed by atoms with Crippen LogP contribution in [0.25, 0.3) is 0 Å². The lowest BCUT2D eigenvalue weighted by Gasteiger charge is -2.09. The summed E-state index contributed by atoms with van der Waals surface area (Å²) in [6.07, 6.45) is 1.52. The minimum atomic E-state index is -0.251. The maximum atomic E-state index is 12.2. The van der Waals surface area contributed by atoms with E-state index in [1.165, 1.54) is 6.20 Å². The Bertz CT molecular complexity index is 662. The molecule has 2 rings (SSSR count). The zero-order chi connectivity index (χ0) is 14.7. The summed E-state index contributed by atoms with van der Waals surface area (Å²) in [5.41, 5.74) is 1.87. The molecule has 0 aliphatic heterocycles. The molecular formula is C14H12BrClN2O2. The molecule has 2 aromatic rings. The van der Waals surface area contributed by atoms with Crippen molar-refractivity contribution < 1.29 is 9.53 Å². The van der Waals surface area contributed by atoms with Gasteiger partial charge in [-0.25, -0.2) is 4.98 Å². The normalized spacial score (nSPS) is 10.2. The highest BCUT2D eigenvalue weighted by Crippen LogP contribution is 2.24. The van der Waals surface area contributed by atoms with Crippen LogP contribution in [0.1, 0.15) is 15.9 Å². The summed E-state index contributed by atoms with van der Waals surface area (Å²) in [5.74, 6) is 0.364. The molecule has 0 radical (unpaired) electrons. The van der Waals surface area contributed by atoms with E-state index in [4.69, 9.17) is 16.3 Å². The molecule has 0 spiro atoms. The number of rotatable bonds is 3. The molecule has 4 nitrogen and oxygen atoms in total. The SMILES string of the molecule is COc1ccc(Br)c(C(=O)Nc2cnc(Cl)c(C)c2)c1. The number of anilines is 1. The average molecular weight is 356 g/mol. The predicted molar refractivity (Wildman–Crippen MR) is 82.6 cm³/mol. The first-order valence-corrected chi connectivity index (χ1v) is 6.95. The number of pyridine rings is 1. The second kappa shape index (κ2) is 6.24. The van der Waals surface area contributed by atoms with E-state index < -0.39 is 0 Å². The van der Waals surface area contributed by atoms with Crippen LogP contribution in [0.15, 0.2) is 34.9 Å². The first-order chi connectivity index (χ1) is 9.51. The van der Waals surface area contributed by atoms with E-state index in [0.29, 0.717) is 26.6 Å². The van der Waals surface area contributed by atoms with Crippen molar-refractivity contribution in [3.63, 3.8) is 0 Å². The Balaban J connectivity index is 2.25. The summed E-state index contributed by atoms with van der Waals surface area (Å²) in [6.45, 7) is 1.83. The van der Waals surface area contributed by atoms with Crippen LogP contribution in [0.4, 0.5) is 5.69 Å². The van der Waals surface area contributed by atoms with Crippen LogP contribution < -0.4 is 10.1 Å². The van der Waals surface area contributed by atoms with Crippen molar-refractivity contribution in [2.75, 3.05) is 12.4 Å². The van der Waals surface area contributed by atoms with Gasteiger partial charge in [0.1, 0.15) is 10.9 Å². The van der Waals surface area contributed by atoms with E-state index >= 15 is 0 Å². The molecule has 1 N–H and O–H groups in total. The molecule has 20 heavy (non-hydrogen) atoms. The standard InChI is InChI=1S/C14H12BrClN2O2/c1-8-5-9(7-17-13(8)16)18-14(19)11-6-10(20-2)3-4-12(11)15/h3-7H,1-2H3,(H,18,19). The van der Waals surface area contributed by atoms with E-state index in [9.17, 15) is 4.79 Å². The van der Waals surface area contributed by atoms with Gasteiger partial charge in [0.2, 0.25) is 0 Å². The third-order valence-electron chi connectivity index (χ3n) is 2.69. The molecule has 0 atom stereocenters. The van der Waals surface area contributed by atoms with Gasteiger partial charge in [0.25, 0.3) is 5.91 Å². The van der Waals surface area contributed by atoms with Gasteiger partial charge in [-0.15, -0.1) is 0 Å². The van der Waals surface area contributed by atoms with Crippen LogP contribution in [0.2, 0.25) is 5.15 Å². The Morgan fingerprint density at radius 3 is 2.80 bits per heavy atom. The molecule has 1 aromatic carbocycles. The number of aryl methyl sites for hydroxylation is 1. The largest absolute Gasteiger partial charge is 0.497 e. The monoisotopic (exact) mass is 354 g/mol.